The lowest BCUT2D eigenvalue weighted by Gasteiger charge is -2.27. The van der Waals surface area contributed by atoms with Crippen LogP contribution in [0.15, 0.2) is 60.4 Å². The Labute approximate surface area is 187 Å². The van der Waals surface area contributed by atoms with Crippen molar-refractivity contribution in [2.45, 2.75) is 32.7 Å². The van der Waals surface area contributed by atoms with E-state index in [2.05, 4.69) is 22.9 Å². The Hall–Kier alpha value is -3.05. The second kappa shape index (κ2) is 9.40. The molecular formula is C25H26ClN3O2. The van der Waals surface area contributed by atoms with Crippen molar-refractivity contribution >= 4 is 40.4 Å². The highest BCUT2D eigenvalue weighted by molar-refractivity contribution is 6.34. The first-order valence-electron chi connectivity index (χ1n) is 10.7. The number of hydrogen-bond acceptors (Lipinski definition) is 2. The molecule has 0 radical (unpaired) electrons. The number of aromatic nitrogens is 1. The van der Waals surface area contributed by atoms with Gasteiger partial charge >= 0.3 is 0 Å². The lowest BCUT2D eigenvalue weighted by atomic mass is 10.1. The van der Waals surface area contributed by atoms with Crippen molar-refractivity contribution in [3.05, 3.63) is 76.6 Å². The second-order valence-corrected chi connectivity index (χ2v) is 8.14. The smallest absolute Gasteiger partial charge is 0.270 e. The zero-order chi connectivity index (χ0) is 21.8. The maximum Gasteiger partial charge on any atom is 0.270 e. The standard InChI is InChI=1S/C25H26ClN3O2/c1-2-28-17-18(19-10-5-7-13-23(19)28)16-22(25(31)29-14-8-3-9-15-29)27-24(30)20-11-4-6-12-21(20)26/h4-7,10-13,16-17H,2-3,8-9,14-15H2,1H3,(H,27,30). The van der Waals surface area contributed by atoms with Crippen LogP contribution in [0, 0.1) is 0 Å². The molecule has 1 aliphatic rings. The number of carbonyl (C=O) groups is 2. The highest BCUT2D eigenvalue weighted by Gasteiger charge is 2.23. The second-order valence-electron chi connectivity index (χ2n) is 7.73. The van der Waals surface area contributed by atoms with Crippen LogP contribution in [0.25, 0.3) is 17.0 Å². The maximum atomic E-state index is 13.4. The van der Waals surface area contributed by atoms with Crippen molar-refractivity contribution in [1.82, 2.24) is 14.8 Å². The molecule has 0 aliphatic carbocycles. The Morgan fingerprint density at radius 2 is 1.74 bits per heavy atom. The van der Waals surface area contributed by atoms with Gasteiger partial charge in [-0.1, -0.05) is 41.9 Å². The number of hydrogen-bond donors (Lipinski definition) is 1. The van der Waals surface area contributed by atoms with Crippen molar-refractivity contribution in [3.63, 3.8) is 0 Å². The Balaban J connectivity index is 1.74. The van der Waals surface area contributed by atoms with Crippen LogP contribution in [0.1, 0.15) is 42.1 Å². The van der Waals surface area contributed by atoms with Gasteiger partial charge in [-0.3, -0.25) is 9.59 Å². The number of benzene rings is 2. The molecule has 0 atom stereocenters. The molecule has 0 unspecified atom stereocenters. The van der Waals surface area contributed by atoms with E-state index in [1.54, 1.807) is 30.3 Å². The van der Waals surface area contributed by atoms with E-state index in [9.17, 15) is 9.59 Å². The minimum Gasteiger partial charge on any atom is -0.347 e. The summed E-state index contributed by atoms with van der Waals surface area (Å²) in [4.78, 5) is 28.2. The summed E-state index contributed by atoms with van der Waals surface area (Å²) < 4.78 is 2.14. The van der Waals surface area contributed by atoms with Crippen LogP contribution >= 0.6 is 11.6 Å². The van der Waals surface area contributed by atoms with Crippen LogP contribution in [-0.4, -0.2) is 34.4 Å². The molecule has 0 saturated carbocycles. The first-order valence-corrected chi connectivity index (χ1v) is 11.1. The fourth-order valence-electron chi connectivity index (χ4n) is 4.06. The number of piperidine rings is 1. The number of nitrogens with one attached hydrogen (secondary N) is 1. The van der Waals surface area contributed by atoms with E-state index in [1.807, 2.05) is 29.3 Å². The predicted molar refractivity (Wildman–Crippen MR) is 125 cm³/mol. The Morgan fingerprint density at radius 3 is 2.48 bits per heavy atom. The van der Waals surface area contributed by atoms with Gasteiger partial charge in [0.15, 0.2) is 0 Å². The molecule has 1 aliphatic heterocycles. The van der Waals surface area contributed by atoms with Gasteiger partial charge in [0.25, 0.3) is 11.8 Å². The number of amides is 2. The number of nitrogens with zero attached hydrogens (tertiary/aromatic N) is 2. The number of fused-ring (bicyclic) bond motifs is 1. The number of aryl methyl sites for hydroxylation is 1. The summed E-state index contributed by atoms with van der Waals surface area (Å²) >= 11 is 6.21. The Bertz CT molecular complexity index is 1140. The summed E-state index contributed by atoms with van der Waals surface area (Å²) in [5.74, 6) is -0.546. The molecule has 2 heterocycles. The number of likely N-dealkylation sites (tertiary alicyclic amines) is 1. The number of rotatable bonds is 5. The third-order valence-corrected chi connectivity index (χ3v) is 6.03. The third-order valence-electron chi connectivity index (χ3n) is 5.70. The molecule has 2 amide bonds. The summed E-state index contributed by atoms with van der Waals surface area (Å²) in [5.41, 5.74) is 2.61. The molecule has 160 valence electrons. The first kappa shape index (κ1) is 21.2. The maximum absolute atomic E-state index is 13.4. The van der Waals surface area contributed by atoms with Crippen molar-refractivity contribution < 1.29 is 9.59 Å². The Kier molecular flexibility index (Phi) is 6.42. The van der Waals surface area contributed by atoms with Crippen molar-refractivity contribution in [3.8, 4) is 0 Å². The Morgan fingerprint density at radius 1 is 1.03 bits per heavy atom. The summed E-state index contributed by atoms with van der Waals surface area (Å²) in [6.07, 6.45) is 6.90. The van der Waals surface area contributed by atoms with E-state index < -0.39 is 0 Å². The van der Waals surface area contributed by atoms with E-state index >= 15 is 0 Å². The van der Waals surface area contributed by atoms with Gasteiger partial charge in [0.2, 0.25) is 0 Å². The highest BCUT2D eigenvalue weighted by atomic mass is 35.5. The van der Waals surface area contributed by atoms with Gasteiger partial charge < -0.3 is 14.8 Å². The largest absolute Gasteiger partial charge is 0.347 e. The van der Waals surface area contributed by atoms with Gasteiger partial charge in [-0.15, -0.1) is 0 Å². The molecule has 4 rings (SSSR count). The van der Waals surface area contributed by atoms with Crippen LogP contribution in [0.2, 0.25) is 5.02 Å². The molecule has 31 heavy (non-hydrogen) atoms. The molecular weight excluding hydrogens is 410 g/mol. The van der Waals surface area contributed by atoms with Crippen molar-refractivity contribution in [2.24, 2.45) is 0 Å². The van der Waals surface area contributed by atoms with Crippen LogP contribution in [0.4, 0.5) is 0 Å². The summed E-state index contributed by atoms with van der Waals surface area (Å²) in [6.45, 7) is 4.30. The summed E-state index contributed by atoms with van der Waals surface area (Å²) in [7, 11) is 0. The fourth-order valence-corrected chi connectivity index (χ4v) is 4.28. The van der Waals surface area contributed by atoms with Gasteiger partial charge in [0, 0.05) is 42.3 Å². The minimum absolute atomic E-state index is 0.159. The molecule has 1 fully saturated rings. The number of para-hydroxylation sites is 1. The first-order chi connectivity index (χ1) is 15.1. The van der Waals surface area contributed by atoms with Gasteiger partial charge in [-0.2, -0.15) is 0 Å². The van der Waals surface area contributed by atoms with Gasteiger partial charge in [-0.25, -0.2) is 0 Å². The van der Waals surface area contributed by atoms with Crippen LogP contribution in [0.3, 0.4) is 0 Å². The minimum atomic E-state index is -0.388. The average molecular weight is 436 g/mol. The zero-order valence-corrected chi connectivity index (χ0v) is 18.4. The summed E-state index contributed by atoms with van der Waals surface area (Å²) in [6, 6.07) is 14.9. The average Bonchev–Trinajstić information content (AvgIpc) is 3.16. The lowest BCUT2D eigenvalue weighted by molar-refractivity contribution is -0.128. The molecule has 1 aromatic heterocycles. The molecule has 2 aromatic carbocycles. The molecule has 1 N–H and O–H groups in total. The van der Waals surface area contributed by atoms with Crippen molar-refractivity contribution in [1.29, 1.82) is 0 Å². The lowest BCUT2D eigenvalue weighted by Crippen LogP contribution is -2.41. The predicted octanol–water partition coefficient (Wildman–Crippen LogP) is 5.10. The van der Waals surface area contributed by atoms with Crippen LogP contribution in [-0.2, 0) is 11.3 Å². The van der Waals surface area contributed by atoms with Crippen molar-refractivity contribution in [2.75, 3.05) is 13.1 Å². The van der Waals surface area contributed by atoms with Gasteiger partial charge in [-0.05, 0) is 50.5 Å². The van der Waals surface area contributed by atoms with Crippen LogP contribution < -0.4 is 5.32 Å². The van der Waals surface area contributed by atoms with Crippen LogP contribution in [0.5, 0.6) is 0 Å². The van der Waals surface area contributed by atoms with E-state index in [4.69, 9.17) is 11.6 Å². The monoisotopic (exact) mass is 435 g/mol. The topological polar surface area (TPSA) is 54.3 Å². The highest BCUT2D eigenvalue weighted by Crippen LogP contribution is 2.24. The van der Waals surface area contributed by atoms with Gasteiger partial charge in [0.1, 0.15) is 5.70 Å². The van der Waals surface area contributed by atoms with E-state index in [0.29, 0.717) is 23.7 Å². The molecule has 1 saturated heterocycles. The SMILES string of the molecule is CCn1cc(C=C(NC(=O)c2ccccc2Cl)C(=O)N2CCCCC2)c2ccccc21. The molecule has 0 spiro atoms. The fraction of sp³-hybridized carbons (Fsp3) is 0.280. The number of halogens is 1. The zero-order valence-electron chi connectivity index (χ0n) is 17.6. The normalized spacial score (nSPS) is 14.6. The van der Waals surface area contributed by atoms with E-state index in [1.165, 1.54) is 0 Å². The van der Waals surface area contributed by atoms with Gasteiger partial charge in [0.05, 0.1) is 10.6 Å². The van der Waals surface area contributed by atoms with E-state index in [0.717, 1.165) is 42.3 Å². The quantitative estimate of drug-likeness (QED) is 0.567. The molecule has 5 nitrogen and oxygen atoms in total. The van der Waals surface area contributed by atoms with E-state index in [-0.39, 0.29) is 17.5 Å². The molecule has 6 heteroatoms. The molecule has 3 aromatic rings. The summed E-state index contributed by atoms with van der Waals surface area (Å²) in [5, 5.41) is 4.24. The number of carbonyl (C=O) groups excluding carboxylic acids is 2. The molecule has 0 bridgehead atoms. The third kappa shape index (κ3) is 4.52.